The summed E-state index contributed by atoms with van der Waals surface area (Å²) in [5.74, 6) is -0.0797. The minimum Gasteiger partial charge on any atom is -0.385 e. The van der Waals surface area contributed by atoms with Crippen LogP contribution in [-0.4, -0.2) is 48.1 Å². The first-order valence-electron chi connectivity index (χ1n) is 6.51. The van der Waals surface area contributed by atoms with Crippen LogP contribution in [0.25, 0.3) is 0 Å². The van der Waals surface area contributed by atoms with E-state index in [1.807, 2.05) is 20.8 Å². The van der Waals surface area contributed by atoms with Crippen molar-refractivity contribution in [3.63, 3.8) is 0 Å². The standard InChI is InChI=1S/C13H24N2O3/c1-6-13(4)12(17)14-10(3)11(16)15(13)9(2)7-8-18-5/h9-10H,6-8H2,1-5H3,(H,14,17). The number of nitrogens with zero attached hydrogens (tertiary/aromatic N) is 1. The van der Waals surface area contributed by atoms with Crippen molar-refractivity contribution in [2.24, 2.45) is 0 Å². The third-order valence-corrected chi connectivity index (χ3v) is 3.85. The zero-order valence-electron chi connectivity index (χ0n) is 11.9. The van der Waals surface area contributed by atoms with Gasteiger partial charge in [-0.15, -0.1) is 0 Å². The van der Waals surface area contributed by atoms with E-state index < -0.39 is 11.6 Å². The van der Waals surface area contributed by atoms with Gasteiger partial charge in [0, 0.05) is 19.8 Å². The molecular weight excluding hydrogens is 232 g/mol. The van der Waals surface area contributed by atoms with Gasteiger partial charge in [-0.3, -0.25) is 9.59 Å². The van der Waals surface area contributed by atoms with E-state index in [2.05, 4.69) is 5.32 Å². The highest BCUT2D eigenvalue weighted by molar-refractivity contribution is 5.99. The third-order valence-electron chi connectivity index (χ3n) is 3.85. The van der Waals surface area contributed by atoms with E-state index >= 15 is 0 Å². The highest BCUT2D eigenvalue weighted by Gasteiger charge is 2.48. The lowest BCUT2D eigenvalue weighted by molar-refractivity contribution is -0.159. The number of hydrogen-bond acceptors (Lipinski definition) is 3. The third kappa shape index (κ3) is 2.51. The first-order valence-corrected chi connectivity index (χ1v) is 6.51. The molecule has 3 atom stereocenters. The summed E-state index contributed by atoms with van der Waals surface area (Å²) < 4.78 is 5.06. The van der Waals surface area contributed by atoms with Gasteiger partial charge in [0.05, 0.1) is 0 Å². The Morgan fingerprint density at radius 3 is 2.61 bits per heavy atom. The van der Waals surface area contributed by atoms with Gasteiger partial charge in [0.15, 0.2) is 0 Å². The average Bonchev–Trinajstić information content (AvgIpc) is 2.34. The largest absolute Gasteiger partial charge is 0.385 e. The van der Waals surface area contributed by atoms with Gasteiger partial charge in [0.2, 0.25) is 11.8 Å². The Hall–Kier alpha value is -1.10. The van der Waals surface area contributed by atoms with Crippen molar-refractivity contribution in [1.82, 2.24) is 10.2 Å². The number of carbonyl (C=O) groups excluding carboxylic acids is 2. The maximum Gasteiger partial charge on any atom is 0.246 e. The molecule has 0 saturated carbocycles. The predicted octanol–water partition coefficient (Wildman–Crippen LogP) is 0.927. The smallest absolute Gasteiger partial charge is 0.246 e. The molecule has 18 heavy (non-hydrogen) atoms. The summed E-state index contributed by atoms with van der Waals surface area (Å²) in [4.78, 5) is 26.2. The molecule has 1 heterocycles. The number of carbonyl (C=O) groups is 2. The molecular formula is C13H24N2O3. The zero-order valence-corrected chi connectivity index (χ0v) is 11.9. The molecule has 3 unspecified atom stereocenters. The van der Waals surface area contributed by atoms with Crippen molar-refractivity contribution in [2.45, 2.75) is 58.2 Å². The fourth-order valence-electron chi connectivity index (χ4n) is 2.43. The topological polar surface area (TPSA) is 58.6 Å². The summed E-state index contributed by atoms with van der Waals surface area (Å²) in [6, 6.07) is -0.446. The van der Waals surface area contributed by atoms with Crippen LogP contribution in [0.5, 0.6) is 0 Å². The monoisotopic (exact) mass is 256 g/mol. The molecule has 1 fully saturated rings. The van der Waals surface area contributed by atoms with E-state index in [0.717, 1.165) is 6.42 Å². The molecule has 0 aromatic heterocycles. The SMILES string of the molecule is CCC1(C)C(=O)NC(C)C(=O)N1C(C)CCOC. The second-order valence-electron chi connectivity index (χ2n) is 5.16. The van der Waals surface area contributed by atoms with Gasteiger partial charge in [-0.1, -0.05) is 6.92 Å². The predicted molar refractivity (Wildman–Crippen MR) is 69.1 cm³/mol. The van der Waals surface area contributed by atoms with Crippen molar-refractivity contribution < 1.29 is 14.3 Å². The summed E-state index contributed by atoms with van der Waals surface area (Å²) in [5.41, 5.74) is -0.753. The Kier molecular flexibility index (Phi) is 4.73. The van der Waals surface area contributed by atoms with Gasteiger partial charge < -0.3 is 15.0 Å². The average molecular weight is 256 g/mol. The van der Waals surface area contributed by atoms with Crippen LogP contribution >= 0.6 is 0 Å². The Morgan fingerprint density at radius 2 is 2.11 bits per heavy atom. The molecule has 0 aromatic carbocycles. The van der Waals surface area contributed by atoms with Crippen LogP contribution in [0.1, 0.15) is 40.5 Å². The summed E-state index contributed by atoms with van der Waals surface area (Å²) in [5, 5.41) is 2.75. The molecule has 0 bridgehead atoms. The highest BCUT2D eigenvalue weighted by Crippen LogP contribution is 2.28. The van der Waals surface area contributed by atoms with E-state index in [1.165, 1.54) is 0 Å². The normalized spacial score (nSPS) is 30.3. The first kappa shape index (κ1) is 15.0. The molecule has 104 valence electrons. The van der Waals surface area contributed by atoms with Crippen molar-refractivity contribution in [3.8, 4) is 0 Å². The second-order valence-corrected chi connectivity index (χ2v) is 5.16. The molecule has 1 N–H and O–H groups in total. The summed E-state index contributed by atoms with van der Waals surface area (Å²) in [6.07, 6.45) is 1.34. The van der Waals surface area contributed by atoms with E-state index in [4.69, 9.17) is 4.74 Å². The zero-order chi connectivity index (χ0) is 13.9. The lowest BCUT2D eigenvalue weighted by Gasteiger charge is -2.48. The van der Waals surface area contributed by atoms with E-state index in [-0.39, 0.29) is 17.9 Å². The number of methoxy groups -OCH3 is 1. The molecule has 1 aliphatic heterocycles. The Bertz CT molecular complexity index is 332. The summed E-state index contributed by atoms with van der Waals surface area (Å²) >= 11 is 0. The van der Waals surface area contributed by atoms with Gasteiger partial charge >= 0.3 is 0 Å². The number of ether oxygens (including phenoxy) is 1. The minimum absolute atomic E-state index is 0.00380. The quantitative estimate of drug-likeness (QED) is 0.796. The van der Waals surface area contributed by atoms with Crippen molar-refractivity contribution in [2.75, 3.05) is 13.7 Å². The van der Waals surface area contributed by atoms with Crippen LogP contribution in [0.2, 0.25) is 0 Å². The number of amides is 2. The lowest BCUT2D eigenvalue weighted by Crippen LogP contribution is -2.70. The first-order chi connectivity index (χ1) is 8.38. The Balaban J connectivity index is 2.99. The van der Waals surface area contributed by atoms with Crippen molar-refractivity contribution in [1.29, 1.82) is 0 Å². The maximum absolute atomic E-state index is 12.3. The molecule has 0 spiro atoms. The summed E-state index contributed by atoms with van der Waals surface area (Å²) in [6.45, 7) is 8.04. The maximum atomic E-state index is 12.3. The molecule has 1 aliphatic rings. The molecule has 5 nitrogen and oxygen atoms in total. The molecule has 0 radical (unpaired) electrons. The van der Waals surface area contributed by atoms with Crippen LogP contribution in [0.4, 0.5) is 0 Å². The Morgan fingerprint density at radius 1 is 1.50 bits per heavy atom. The number of piperazine rings is 1. The second kappa shape index (κ2) is 5.69. The van der Waals surface area contributed by atoms with Gasteiger partial charge in [0.25, 0.3) is 0 Å². The minimum atomic E-state index is -0.753. The molecule has 1 saturated heterocycles. The highest BCUT2D eigenvalue weighted by atomic mass is 16.5. The van der Waals surface area contributed by atoms with E-state index in [9.17, 15) is 9.59 Å². The van der Waals surface area contributed by atoms with Crippen LogP contribution in [0, 0.1) is 0 Å². The van der Waals surface area contributed by atoms with Crippen LogP contribution < -0.4 is 5.32 Å². The van der Waals surface area contributed by atoms with Crippen molar-refractivity contribution in [3.05, 3.63) is 0 Å². The summed E-state index contributed by atoms with van der Waals surface area (Å²) in [7, 11) is 1.64. The fraction of sp³-hybridized carbons (Fsp3) is 0.846. The molecule has 0 aromatic rings. The van der Waals surface area contributed by atoms with Gasteiger partial charge in [0.1, 0.15) is 11.6 Å². The van der Waals surface area contributed by atoms with Crippen LogP contribution in [-0.2, 0) is 14.3 Å². The number of rotatable bonds is 5. The van der Waals surface area contributed by atoms with Crippen LogP contribution in [0.15, 0.2) is 0 Å². The number of hydrogen-bond donors (Lipinski definition) is 1. The Labute approximate surface area is 109 Å². The van der Waals surface area contributed by atoms with E-state index in [1.54, 1.807) is 18.9 Å². The van der Waals surface area contributed by atoms with Gasteiger partial charge in [-0.25, -0.2) is 0 Å². The fourth-order valence-corrected chi connectivity index (χ4v) is 2.43. The molecule has 0 aliphatic carbocycles. The van der Waals surface area contributed by atoms with E-state index in [0.29, 0.717) is 13.0 Å². The lowest BCUT2D eigenvalue weighted by atomic mass is 9.88. The molecule has 2 amide bonds. The van der Waals surface area contributed by atoms with Crippen LogP contribution in [0.3, 0.4) is 0 Å². The number of nitrogens with one attached hydrogen (secondary N) is 1. The van der Waals surface area contributed by atoms with Gasteiger partial charge in [-0.2, -0.15) is 0 Å². The van der Waals surface area contributed by atoms with Crippen molar-refractivity contribution >= 4 is 11.8 Å². The van der Waals surface area contributed by atoms with Gasteiger partial charge in [-0.05, 0) is 33.6 Å². The molecule has 5 heteroatoms. The molecule has 1 rings (SSSR count).